The zero-order chi connectivity index (χ0) is 13.3. The van der Waals surface area contributed by atoms with Crippen LogP contribution in [0, 0.1) is 11.8 Å². The summed E-state index contributed by atoms with van der Waals surface area (Å²) in [5.74, 6) is 7.18. The normalized spacial score (nSPS) is 16.3. The van der Waals surface area contributed by atoms with Crippen molar-refractivity contribution in [1.82, 2.24) is 9.97 Å². The Morgan fingerprint density at radius 3 is 2.68 bits per heavy atom. The first-order valence-corrected chi connectivity index (χ1v) is 7.30. The van der Waals surface area contributed by atoms with Crippen molar-refractivity contribution in [2.45, 2.75) is 57.8 Å². The Morgan fingerprint density at radius 1 is 1.16 bits per heavy atom. The lowest BCUT2D eigenvalue weighted by Crippen LogP contribution is -2.03. The van der Waals surface area contributed by atoms with E-state index in [2.05, 4.69) is 21.8 Å². The van der Waals surface area contributed by atoms with Gasteiger partial charge >= 0.3 is 0 Å². The predicted molar refractivity (Wildman–Crippen MR) is 76.0 cm³/mol. The molecule has 3 heteroatoms. The number of rotatable bonds is 3. The Bertz CT molecular complexity index is 440. The van der Waals surface area contributed by atoms with Crippen LogP contribution in [0.1, 0.15) is 63.5 Å². The Labute approximate surface area is 115 Å². The van der Waals surface area contributed by atoms with E-state index in [1.165, 1.54) is 38.5 Å². The third-order valence-corrected chi connectivity index (χ3v) is 3.53. The molecule has 1 heterocycles. The molecule has 1 aromatic rings. The predicted octanol–water partition coefficient (Wildman–Crippen LogP) is 3.71. The van der Waals surface area contributed by atoms with Gasteiger partial charge in [-0.1, -0.05) is 38.5 Å². The molecule has 1 aliphatic rings. The summed E-state index contributed by atoms with van der Waals surface area (Å²) in [4.78, 5) is 8.58. The van der Waals surface area contributed by atoms with Gasteiger partial charge in [0.05, 0.1) is 5.69 Å². The minimum Gasteiger partial charge on any atom is -0.464 e. The number of ether oxygens (including phenoxy) is 1. The summed E-state index contributed by atoms with van der Waals surface area (Å²) in [6, 6.07) is 1.99. The van der Waals surface area contributed by atoms with E-state index in [9.17, 15) is 0 Å². The third-order valence-electron chi connectivity index (χ3n) is 3.53. The zero-order valence-electron chi connectivity index (χ0n) is 11.7. The van der Waals surface area contributed by atoms with Crippen LogP contribution in [0.25, 0.3) is 0 Å². The van der Waals surface area contributed by atoms with Crippen molar-refractivity contribution in [2.24, 2.45) is 0 Å². The number of nitrogens with zero attached hydrogens (tertiary/aromatic N) is 2. The van der Waals surface area contributed by atoms with Crippen molar-refractivity contribution in [1.29, 1.82) is 0 Å². The standard InChI is InChI=1S/C16H22N2O/c1-2-3-8-11-19-16-12-15(17-13-18-16)14-9-6-4-5-7-10-14/h12-14H,2,4-7,9-11H2,1H3. The monoisotopic (exact) mass is 258 g/mol. The molecule has 0 aromatic carbocycles. The second-order valence-corrected chi connectivity index (χ2v) is 4.97. The zero-order valence-corrected chi connectivity index (χ0v) is 11.7. The Morgan fingerprint density at radius 2 is 1.95 bits per heavy atom. The van der Waals surface area contributed by atoms with Crippen LogP contribution < -0.4 is 4.74 Å². The summed E-state index contributed by atoms with van der Waals surface area (Å²) in [6.45, 7) is 2.44. The van der Waals surface area contributed by atoms with E-state index < -0.39 is 0 Å². The van der Waals surface area contributed by atoms with Crippen LogP contribution in [-0.4, -0.2) is 16.6 Å². The van der Waals surface area contributed by atoms with Crippen molar-refractivity contribution in [2.75, 3.05) is 6.61 Å². The summed E-state index contributed by atoms with van der Waals surface area (Å²) in [5.41, 5.74) is 1.13. The average molecular weight is 258 g/mol. The highest BCUT2D eigenvalue weighted by atomic mass is 16.5. The molecule has 0 atom stereocenters. The fraction of sp³-hybridized carbons (Fsp3) is 0.625. The highest BCUT2D eigenvalue weighted by Gasteiger charge is 2.16. The smallest absolute Gasteiger partial charge is 0.217 e. The number of hydrogen-bond acceptors (Lipinski definition) is 3. The van der Waals surface area contributed by atoms with Gasteiger partial charge in [0.25, 0.3) is 0 Å². The maximum absolute atomic E-state index is 5.55. The molecule has 19 heavy (non-hydrogen) atoms. The fourth-order valence-electron chi connectivity index (χ4n) is 2.52. The maximum atomic E-state index is 5.55. The van der Waals surface area contributed by atoms with E-state index in [0.717, 1.165) is 12.1 Å². The van der Waals surface area contributed by atoms with Crippen LogP contribution in [0.2, 0.25) is 0 Å². The molecule has 0 saturated heterocycles. The minimum absolute atomic E-state index is 0.412. The van der Waals surface area contributed by atoms with Gasteiger partial charge in [-0.2, -0.15) is 0 Å². The minimum atomic E-state index is 0.412. The van der Waals surface area contributed by atoms with Gasteiger partial charge in [0.2, 0.25) is 5.88 Å². The van der Waals surface area contributed by atoms with E-state index in [1.54, 1.807) is 6.33 Å². The second kappa shape index (κ2) is 7.78. The van der Waals surface area contributed by atoms with E-state index >= 15 is 0 Å². The number of aromatic nitrogens is 2. The van der Waals surface area contributed by atoms with Crippen molar-refractivity contribution in [3.8, 4) is 17.7 Å². The van der Waals surface area contributed by atoms with Gasteiger partial charge in [-0.25, -0.2) is 9.97 Å². The molecule has 0 unspecified atom stereocenters. The van der Waals surface area contributed by atoms with Gasteiger partial charge in [-0.15, -0.1) is 5.92 Å². The summed E-state index contributed by atoms with van der Waals surface area (Å²) in [5, 5.41) is 0. The average Bonchev–Trinajstić information content (AvgIpc) is 2.73. The fourth-order valence-corrected chi connectivity index (χ4v) is 2.52. The largest absolute Gasteiger partial charge is 0.464 e. The Balaban J connectivity index is 1.97. The molecule has 2 rings (SSSR count). The molecule has 0 N–H and O–H groups in total. The van der Waals surface area contributed by atoms with Crippen molar-refractivity contribution in [3.63, 3.8) is 0 Å². The molecular weight excluding hydrogens is 236 g/mol. The molecule has 102 valence electrons. The van der Waals surface area contributed by atoms with Gasteiger partial charge in [0.1, 0.15) is 6.33 Å². The van der Waals surface area contributed by atoms with Crippen LogP contribution >= 0.6 is 0 Å². The summed E-state index contributed by atoms with van der Waals surface area (Å²) < 4.78 is 5.55. The molecule has 0 spiro atoms. The third kappa shape index (κ3) is 4.55. The lowest BCUT2D eigenvalue weighted by molar-refractivity contribution is 0.353. The van der Waals surface area contributed by atoms with Crippen molar-refractivity contribution in [3.05, 3.63) is 18.1 Å². The molecule has 1 aromatic heterocycles. The highest BCUT2D eigenvalue weighted by molar-refractivity contribution is 5.18. The quantitative estimate of drug-likeness (QED) is 0.612. The number of hydrogen-bond donors (Lipinski definition) is 0. The van der Waals surface area contributed by atoms with E-state index in [-0.39, 0.29) is 0 Å². The molecule has 1 aliphatic carbocycles. The lowest BCUT2D eigenvalue weighted by Gasteiger charge is -2.13. The second-order valence-electron chi connectivity index (χ2n) is 4.97. The van der Waals surface area contributed by atoms with Gasteiger partial charge in [0.15, 0.2) is 6.61 Å². The topological polar surface area (TPSA) is 35.0 Å². The SMILES string of the molecule is CCC#CCOc1cc(C2CCCCCC2)ncn1. The van der Waals surface area contributed by atoms with Crippen LogP contribution in [0.5, 0.6) is 5.88 Å². The van der Waals surface area contributed by atoms with Crippen LogP contribution in [-0.2, 0) is 0 Å². The lowest BCUT2D eigenvalue weighted by atomic mass is 9.96. The van der Waals surface area contributed by atoms with E-state index in [1.807, 2.05) is 13.0 Å². The van der Waals surface area contributed by atoms with Gasteiger partial charge in [-0.3, -0.25) is 0 Å². The molecule has 0 aliphatic heterocycles. The Hall–Kier alpha value is -1.56. The van der Waals surface area contributed by atoms with E-state index in [0.29, 0.717) is 18.4 Å². The van der Waals surface area contributed by atoms with Crippen LogP contribution in [0.3, 0.4) is 0 Å². The van der Waals surface area contributed by atoms with Gasteiger partial charge in [0, 0.05) is 18.4 Å². The summed E-state index contributed by atoms with van der Waals surface area (Å²) in [6.07, 6.45) is 10.3. The van der Waals surface area contributed by atoms with Gasteiger partial charge in [-0.05, 0) is 12.8 Å². The molecule has 0 radical (unpaired) electrons. The van der Waals surface area contributed by atoms with Crippen LogP contribution in [0.15, 0.2) is 12.4 Å². The summed E-state index contributed by atoms with van der Waals surface area (Å²) in [7, 11) is 0. The molecule has 3 nitrogen and oxygen atoms in total. The van der Waals surface area contributed by atoms with Crippen molar-refractivity contribution >= 4 is 0 Å². The molecule has 1 fully saturated rings. The highest BCUT2D eigenvalue weighted by Crippen LogP contribution is 2.31. The molecular formula is C16H22N2O. The Kier molecular flexibility index (Phi) is 5.68. The van der Waals surface area contributed by atoms with Crippen LogP contribution in [0.4, 0.5) is 0 Å². The van der Waals surface area contributed by atoms with Crippen molar-refractivity contribution < 1.29 is 4.74 Å². The first kappa shape index (κ1) is 13.9. The maximum Gasteiger partial charge on any atom is 0.217 e. The molecule has 1 saturated carbocycles. The van der Waals surface area contributed by atoms with E-state index in [4.69, 9.17) is 4.74 Å². The molecule has 0 amide bonds. The van der Waals surface area contributed by atoms with Gasteiger partial charge < -0.3 is 4.74 Å². The first-order chi connectivity index (χ1) is 9.40. The molecule has 0 bridgehead atoms. The first-order valence-electron chi connectivity index (χ1n) is 7.30. The summed E-state index contributed by atoms with van der Waals surface area (Å²) >= 11 is 0.